The minimum Gasteiger partial charge on any atom is -0.491 e. The molecule has 21 heavy (non-hydrogen) atoms. The largest absolute Gasteiger partial charge is 0.491 e. The van der Waals surface area contributed by atoms with E-state index in [2.05, 4.69) is 17.4 Å². The second kappa shape index (κ2) is 7.91. The first kappa shape index (κ1) is 15.7. The summed E-state index contributed by atoms with van der Waals surface area (Å²) < 4.78 is 10.5. The monoisotopic (exact) mass is 305 g/mol. The fourth-order valence-corrected chi connectivity index (χ4v) is 2.12. The second-order valence-corrected chi connectivity index (χ2v) is 5.16. The van der Waals surface area contributed by atoms with E-state index < -0.39 is 0 Å². The molecule has 0 aliphatic heterocycles. The van der Waals surface area contributed by atoms with E-state index in [1.807, 2.05) is 37.3 Å². The Bertz CT molecular complexity index is 570. The first-order valence-electron chi connectivity index (χ1n) is 6.90. The Kier molecular flexibility index (Phi) is 5.90. The first-order valence-corrected chi connectivity index (χ1v) is 7.28. The number of halogens is 1. The third-order valence-corrected chi connectivity index (χ3v) is 3.64. The van der Waals surface area contributed by atoms with Crippen LogP contribution in [0.4, 0.5) is 5.69 Å². The lowest BCUT2D eigenvalue weighted by Crippen LogP contribution is -2.04. The van der Waals surface area contributed by atoms with Crippen LogP contribution >= 0.6 is 11.6 Å². The lowest BCUT2D eigenvalue weighted by Gasteiger charge is -2.11. The van der Waals surface area contributed by atoms with Gasteiger partial charge in [0.25, 0.3) is 0 Å². The fraction of sp³-hybridized carbons (Fsp3) is 0.294. The average Bonchev–Trinajstić information content (AvgIpc) is 2.50. The zero-order valence-electron chi connectivity index (χ0n) is 12.4. The predicted octanol–water partition coefficient (Wildman–Crippen LogP) is 4.29. The molecule has 1 N–H and O–H groups in total. The molecule has 0 unspecified atom stereocenters. The molecule has 3 nitrogen and oxygen atoms in total. The zero-order valence-corrected chi connectivity index (χ0v) is 13.1. The van der Waals surface area contributed by atoms with Gasteiger partial charge in [-0.3, -0.25) is 0 Å². The third-order valence-electron chi connectivity index (χ3n) is 3.23. The molecule has 0 atom stereocenters. The Morgan fingerprint density at radius 3 is 2.52 bits per heavy atom. The molecular weight excluding hydrogens is 286 g/mol. The molecule has 0 heterocycles. The molecule has 0 saturated heterocycles. The SMILES string of the molecule is COCCOc1ccc(CNc2cccc(Cl)c2C)cc1. The second-order valence-electron chi connectivity index (χ2n) is 4.75. The van der Waals surface area contributed by atoms with Crippen molar-refractivity contribution in [3.8, 4) is 5.75 Å². The summed E-state index contributed by atoms with van der Waals surface area (Å²) >= 11 is 6.11. The quantitative estimate of drug-likeness (QED) is 0.774. The van der Waals surface area contributed by atoms with Gasteiger partial charge in [-0.05, 0) is 42.3 Å². The van der Waals surface area contributed by atoms with Crippen LogP contribution in [0.2, 0.25) is 5.02 Å². The topological polar surface area (TPSA) is 30.5 Å². The van der Waals surface area contributed by atoms with Gasteiger partial charge in [0.05, 0.1) is 6.61 Å². The van der Waals surface area contributed by atoms with Crippen LogP contribution in [0.25, 0.3) is 0 Å². The van der Waals surface area contributed by atoms with Gasteiger partial charge in [0.15, 0.2) is 0 Å². The molecule has 0 radical (unpaired) electrons. The van der Waals surface area contributed by atoms with Gasteiger partial charge >= 0.3 is 0 Å². The molecule has 0 fully saturated rings. The van der Waals surface area contributed by atoms with Gasteiger partial charge in [0, 0.05) is 24.4 Å². The van der Waals surface area contributed by atoms with Crippen LogP contribution in [-0.2, 0) is 11.3 Å². The average molecular weight is 306 g/mol. The Morgan fingerprint density at radius 1 is 1.05 bits per heavy atom. The third kappa shape index (κ3) is 4.66. The number of ether oxygens (including phenoxy) is 2. The van der Waals surface area contributed by atoms with E-state index >= 15 is 0 Å². The van der Waals surface area contributed by atoms with Gasteiger partial charge in [-0.1, -0.05) is 29.8 Å². The smallest absolute Gasteiger partial charge is 0.119 e. The summed E-state index contributed by atoms with van der Waals surface area (Å²) in [6, 6.07) is 13.9. The van der Waals surface area contributed by atoms with Crippen molar-refractivity contribution in [2.24, 2.45) is 0 Å². The summed E-state index contributed by atoms with van der Waals surface area (Å²) in [5, 5.41) is 4.18. The van der Waals surface area contributed by atoms with Crippen molar-refractivity contribution >= 4 is 17.3 Å². The number of hydrogen-bond acceptors (Lipinski definition) is 3. The molecule has 0 aromatic heterocycles. The highest BCUT2D eigenvalue weighted by molar-refractivity contribution is 6.31. The highest BCUT2D eigenvalue weighted by atomic mass is 35.5. The van der Waals surface area contributed by atoms with E-state index in [9.17, 15) is 0 Å². The van der Waals surface area contributed by atoms with Crippen molar-refractivity contribution in [2.45, 2.75) is 13.5 Å². The van der Waals surface area contributed by atoms with Gasteiger partial charge < -0.3 is 14.8 Å². The standard InChI is InChI=1S/C17H20ClNO2/c1-13-16(18)4-3-5-17(13)19-12-14-6-8-15(9-7-14)21-11-10-20-2/h3-9,19H,10-12H2,1-2H3. The number of benzene rings is 2. The predicted molar refractivity (Wildman–Crippen MR) is 87.3 cm³/mol. The van der Waals surface area contributed by atoms with Gasteiger partial charge in [-0.25, -0.2) is 0 Å². The van der Waals surface area contributed by atoms with E-state index in [-0.39, 0.29) is 0 Å². The number of hydrogen-bond donors (Lipinski definition) is 1. The summed E-state index contributed by atoms with van der Waals surface area (Å²) in [4.78, 5) is 0. The molecule has 0 aliphatic carbocycles. The molecule has 2 aromatic carbocycles. The number of rotatable bonds is 7. The highest BCUT2D eigenvalue weighted by Crippen LogP contribution is 2.23. The molecule has 0 spiro atoms. The molecule has 0 amide bonds. The van der Waals surface area contributed by atoms with Crippen molar-refractivity contribution in [3.05, 3.63) is 58.6 Å². The normalized spacial score (nSPS) is 10.4. The molecule has 0 bridgehead atoms. The van der Waals surface area contributed by atoms with E-state index in [1.54, 1.807) is 7.11 Å². The van der Waals surface area contributed by atoms with Crippen molar-refractivity contribution in [3.63, 3.8) is 0 Å². The van der Waals surface area contributed by atoms with Crippen LogP contribution in [0.1, 0.15) is 11.1 Å². The molecule has 0 saturated carbocycles. The van der Waals surface area contributed by atoms with Crippen LogP contribution in [0.3, 0.4) is 0 Å². The van der Waals surface area contributed by atoms with Crippen molar-refractivity contribution < 1.29 is 9.47 Å². The van der Waals surface area contributed by atoms with Gasteiger partial charge in [-0.2, -0.15) is 0 Å². The number of nitrogens with one attached hydrogen (secondary N) is 1. The first-order chi connectivity index (χ1) is 10.2. The van der Waals surface area contributed by atoms with Crippen LogP contribution in [0.5, 0.6) is 5.75 Å². The summed E-state index contributed by atoms with van der Waals surface area (Å²) in [6.07, 6.45) is 0. The summed E-state index contributed by atoms with van der Waals surface area (Å²) in [5.41, 5.74) is 3.31. The van der Waals surface area contributed by atoms with Crippen LogP contribution in [0.15, 0.2) is 42.5 Å². The van der Waals surface area contributed by atoms with Gasteiger partial charge in [0.2, 0.25) is 0 Å². The summed E-state index contributed by atoms with van der Waals surface area (Å²) in [5.74, 6) is 0.856. The molecular formula is C17H20ClNO2. The van der Waals surface area contributed by atoms with E-state index in [0.717, 1.165) is 28.6 Å². The Morgan fingerprint density at radius 2 is 1.81 bits per heavy atom. The Balaban J connectivity index is 1.90. The van der Waals surface area contributed by atoms with Crippen molar-refractivity contribution in [1.29, 1.82) is 0 Å². The Hall–Kier alpha value is -1.71. The maximum Gasteiger partial charge on any atom is 0.119 e. The minimum absolute atomic E-state index is 0.565. The van der Waals surface area contributed by atoms with Gasteiger partial charge in [-0.15, -0.1) is 0 Å². The minimum atomic E-state index is 0.565. The number of anilines is 1. The Labute approximate surface area is 130 Å². The lowest BCUT2D eigenvalue weighted by atomic mass is 10.1. The molecule has 2 rings (SSSR count). The maximum atomic E-state index is 6.11. The van der Waals surface area contributed by atoms with Crippen molar-refractivity contribution in [2.75, 3.05) is 25.6 Å². The van der Waals surface area contributed by atoms with Gasteiger partial charge in [0.1, 0.15) is 12.4 Å². The fourth-order valence-electron chi connectivity index (χ4n) is 1.94. The van der Waals surface area contributed by atoms with Crippen LogP contribution in [-0.4, -0.2) is 20.3 Å². The maximum absolute atomic E-state index is 6.11. The number of methoxy groups -OCH3 is 1. The van der Waals surface area contributed by atoms with E-state index in [1.165, 1.54) is 5.56 Å². The van der Waals surface area contributed by atoms with Crippen LogP contribution < -0.4 is 10.1 Å². The summed E-state index contributed by atoms with van der Waals surface area (Å²) in [7, 11) is 1.66. The van der Waals surface area contributed by atoms with E-state index in [4.69, 9.17) is 21.1 Å². The summed E-state index contributed by atoms with van der Waals surface area (Å²) in [6.45, 7) is 3.92. The van der Waals surface area contributed by atoms with Crippen molar-refractivity contribution in [1.82, 2.24) is 0 Å². The molecule has 0 aliphatic rings. The molecule has 112 valence electrons. The molecule has 2 aromatic rings. The van der Waals surface area contributed by atoms with E-state index in [0.29, 0.717) is 13.2 Å². The zero-order chi connectivity index (χ0) is 15.1. The lowest BCUT2D eigenvalue weighted by molar-refractivity contribution is 0.146. The van der Waals surface area contributed by atoms with Crippen LogP contribution in [0, 0.1) is 6.92 Å². The highest BCUT2D eigenvalue weighted by Gasteiger charge is 2.02. The molecule has 4 heteroatoms.